The Hall–Kier alpha value is -0.270. The van der Waals surface area contributed by atoms with Crippen LogP contribution in [0.5, 0.6) is 0 Å². The fraction of sp³-hybridized carbons (Fsp3) is 0.952. The highest BCUT2D eigenvalue weighted by atomic mass is 32.0. The number of carbonyl (C=O) groups excluding carboxylic acids is 1. The summed E-state index contributed by atoms with van der Waals surface area (Å²) in [6.07, 6.45) is -21.8. The molecular weight excluding hydrogens is 584 g/mol. The number of aliphatic hydroxyl groups is 9. The van der Waals surface area contributed by atoms with Crippen LogP contribution in [0.2, 0.25) is 0 Å². The number of carbonyl (C=O) groups is 1. The van der Waals surface area contributed by atoms with E-state index in [4.69, 9.17) is 28.2 Å². The molecule has 3 aliphatic heterocycles. The lowest BCUT2D eigenvalue weighted by Gasteiger charge is -2.49. The van der Waals surface area contributed by atoms with Crippen molar-refractivity contribution in [3.8, 4) is 0 Å². The molecule has 234 valence electrons. The monoisotopic (exact) mass is 623 g/mol. The molecule has 3 rings (SSSR count). The Kier molecular flexibility index (Phi) is 12.8. The number of rotatable bonds is 10. The van der Waals surface area contributed by atoms with E-state index in [9.17, 15) is 50.8 Å². The third-order valence-electron chi connectivity index (χ3n) is 6.75. The average Bonchev–Trinajstić information content (AvgIpc) is 2.90. The first-order valence-electron chi connectivity index (χ1n) is 12.4. The maximum Gasteiger partial charge on any atom is 0.217 e. The van der Waals surface area contributed by atoms with Crippen LogP contribution in [0, 0.1) is 0 Å². The first kappa shape index (κ1) is 34.2. The van der Waals surface area contributed by atoms with Crippen molar-refractivity contribution in [2.45, 2.75) is 99.0 Å². The van der Waals surface area contributed by atoms with Crippen molar-refractivity contribution in [2.24, 2.45) is 0 Å². The molecule has 0 saturated carbocycles. The van der Waals surface area contributed by atoms with Gasteiger partial charge in [0.2, 0.25) is 5.91 Å². The maximum atomic E-state index is 12.0. The van der Waals surface area contributed by atoms with Crippen LogP contribution in [0.3, 0.4) is 0 Å². The molecule has 0 aliphatic carbocycles. The highest BCUT2D eigenvalue weighted by molar-refractivity contribution is 8.10. The predicted molar refractivity (Wildman–Crippen MR) is 134 cm³/mol. The second-order valence-electron chi connectivity index (χ2n) is 9.70. The minimum atomic E-state index is -1.83. The molecule has 3 heterocycles. The van der Waals surface area contributed by atoms with Gasteiger partial charge in [0.1, 0.15) is 73.2 Å². The molecule has 3 aliphatic rings. The molecule has 3 fully saturated rings. The summed E-state index contributed by atoms with van der Waals surface area (Å²) < 4.78 is 33.8. The Morgan fingerprint density at radius 2 is 1.23 bits per heavy atom. The first-order valence-corrected chi connectivity index (χ1v) is 15.8. The molecule has 0 aromatic carbocycles. The van der Waals surface area contributed by atoms with Crippen LogP contribution in [0.25, 0.3) is 0 Å². The van der Waals surface area contributed by atoms with Gasteiger partial charge in [-0.25, -0.2) is 0 Å². The van der Waals surface area contributed by atoms with E-state index in [-0.39, 0.29) is 0 Å². The van der Waals surface area contributed by atoms with Gasteiger partial charge in [-0.1, -0.05) is 8.93 Å². The van der Waals surface area contributed by atoms with Gasteiger partial charge in [0, 0.05) is 14.8 Å². The van der Waals surface area contributed by atoms with Crippen molar-refractivity contribution < 1.29 is 79.0 Å². The summed E-state index contributed by atoms with van der Waals surface area (Å²) in [6, 6.07) is -1.44. The average molecular weight is 623 g/mol. The van der Waals surface area contributed by atoms with Crippen LogP contribution in [0.1, 0.15) is 6.92 Å². The van der Waals surface area contributed by atoms with E-state index in [1.807, 2.05) is 0 Å². The van der Waals surface area contributed by atoms with Gasteiger partial charge in [-0.15, -0.1) is 0 Å². The number of aliphatic hydroxyl groups excluding tert-OH is 9. The summed E-state index contributed by atoms with van der Waals surface area (Å²) in [4.78, 5) is 12.0. The third-order valence-corrected chi connectivity index (χ3v) is 7.65. The highest BCUT2D eigenvalue weighted by Crippen LogP contribution is 2.45. The van der Waals surface area contributed by atoms with Crippen molar-refractivity contribution >= 4 is 22.7 Å². The predicted octanol–water partition coefficient (Wildman–Crippen LogP) is -5.59. The molecule has 19 heteroatoms. The van der Waals surface area contributed by atoms with Gasteiger partial charge in [0.25, 0.3) is 0 Å². The molecule has 0 bridgehead atoms. The second kappa shape index (κ2) is 14.9. The van der Waals surface area contributed by atoms with Crippen LogP contribution >= 0.6 is 16.8 Å². The Morgan fingerprint density at radius 3 is 1.75 bits per heavy atom. The lowest BCUT2D eigenvalue weighted by Crippen LogP contribution is -2.69. The molecule has 0 radical (unpaired) electrons. The van der Waals surface area contributed by atoms with Crippen molar-refractivity contribution in [3.63, 3.8) is 0 Å². The number of ether oxygens (including phenoxy) is 5. The lowest BCUT2D eigenvalue weighted by atomic mass is 9.94. The maximum absolute atomic E-state index is 12.0. The smallest absolute Gasteiger partial charge is 0.217 e. The van der Waals surface area contributed by atoms with Crippen LogP contribution in [0.4, 0.5) is 0 Å². The highest BCUT2D eigenvalue weighted by Gasteiger charge is 2.54. The Bertz CT molecular complexity index is 815. The molecule has 3 saturated heterocycles. The van der Waals surface area contributed by atoms with Crippen molar-refractivity contribution in [2.75, 3.05) is 26.5 Å². The van der Waals surface area contributed by atoms with Crippen molar-refractivity contribution in [3.05, 3.63) is 0 Å². The Labute approximate surface area is 232 Å². The zero-order chi connectivity index (χ0) is 29.9. The summed E-state index contributed by atoms with van der Waals surface area (Å²) in [6.45, 7) is 0.650. The Morgan fingerprint density at radius 1 is 0.725 bits per heavy atom. The summed E-state index contributed by atoms with van der Waals surface area (Å²) >= 11 is 0. The zero-order valence-corrected chi connectivity index (χ0v) is 23.7. The van der Waals surface area contributed by atoms with Crippen LogP contribution in [0.15, 0.2) is 0 Å². The fourth-order valence-electron chi connectivity index (χ4n) is 4.68. The number of nitrogens with one attached hydrogen (secondary N) is 1. The van der Waals surface area contributed by atoms with Crippen molar-refractivity contribution in [1.29, 1.82) is 0 Å². The van der Waals surface area contributed by atoms with Crippen LogP contribution in [-0.4, -0.2) is 170 Å². The molecule has 40 heavy (non-hydrogen) atoms. The summed E-state index contributed by atoms with van der Waals surface area (Å²) in [7, 11) is 1.21. The molecular formula is C21H39NO16P2. The Balaban J connectivity index is 1.85. The van der Waals surface area contributed by atoms with Gasteiger partial charge in [-0.3, -0.25) is 4.79 Å². The van der Waals surface area contributed by atoms with E-state index in [2.05, 4.69) is 14.2 Å². The molecule has 10 N–H and O–H groups in total. The van der Waals surface area contributed by atoms with E-state index < -0.39 is 126 Å². The number of hydrogen-bond acceptors (Lipinski definition) is 16. The second-order valence-corrected chi connectivity index (χ2v) is 13.2. The third kappa shape index (κ3) is 7.62. The van der Waals surface area contributed by atoms with Crippen LogP contribution in [-0.2, 0) is 33.0 Å². The molecule has 8 unspecified atom stereocenters. The lowest BCUT2D eigenvalue weighted by molar-refractivity contribution is -0.366. The number of amides is 1. The molecule has 17 atom stereocenters. The fourth-order valence-corrected chi connectivity index (χ4v) is 5.54. The quantitative estimate of drug-likeness (QED) is 0.102. The van der Waals surface area contributed by atoms with Gasteiger partial charge in [0.05, 0.1) is 19.8 Å². The van der Waals surface area contributed by atoms with E-state index in [0.29, 0.717) is 0 Å². The molecule has 0 spiro atoms. The van der Waals surface area contributed by atoms with Gasteiger partial charge < -0.3 is 79.5 Å². The van der Waals surface area contributed by atoms with Gasteiger partial charge in [-0.05, 0) is 6.66 Å². The van der Waals surface area contributed by atoms with Gasteiger partial charge in [-0.2, -0.15) is 0 Å². The topological polar surface area (TPSA) is 267 Å². The largest absolute Gasteiger partial charge is 0.394 e. The molecule has 1 amide bonds. The van der Waals surface area contributed by atoms with Crippen LogP contribution < -0.4 is 5.32 Å². The first-order chi connectivity index (χ1) is 18.8. The van der Waals surface area contributed by atoms with E-state index >= 15 is 0 Å². The van der Waals surface area contributed by atoms with Gasteiger partial charge in [0.15, 0.2) is 18.9 Å². The van der Waals surface area contributed by atoms with E-state index in [0.717, 1.165) is 6.92 Å². The standard InChI is InChI=1S/C21H39NO16P2/c1-6(26)22-10-13(29)17(36-20-16(32)14(30)11(27)7(3-23)33-20)9(5-25)35-19(10)37-18-15(31)12(28)8(4-24)34-21(18)38-40(2)39/h7-21,23-25,27-32H,3-5,39H2,1-2H3,(H,22,26)/t7?,8?,9?,10-,11-,12+,13+,14-,15-,16-,17+,18+,19?,20?,21?,40?/m0/s1. The van der Waals surface area contributed by atoms with E-state index in [1.165, 1.54) is 0 Å². The SMILES string of the molecule is CC(=O)N[C@@H]1C(O[C@H]2C(OP(C)P)OC(CO)[C@@H](O)[C@@H]2O)OC(CO)[C@@H](OC2OC(CO)[C@H](O)[C@H](O)[C@@H]2O)[C@@H]1O. The minimum Gasteiger partial charge on any atom is -0.394 e. The molecule has 0 aromatic rings. The summed E-state index contributed by atoms with van der Waals surface area (Å²) in [5, 5.41) is 94.3. The summed E-state index contributed by atoms with van der Waals surface area (Å²) in [5.41, 5.74) is 0. The zero-order valence-electron chi connectivity index (χ0n) is 21.7. The molecule has 0 aromatic heterocycles. The molecule has 17 nitrogen and oxygen atoms in total. The normalized spacial score (nSPS) is 47.0. The number of hydrogen-bond donors (Lipinski definition) is 10. The summed E-state index contributed by atoms with van der Waals surface area (Å²) in [5.74, 6) is -0.647. The van der Waals surface area contributed by atoms with Crippen molar-refractivity contribution in [1.82, 2.24) is 5.32 Å². The minimum absolute atomic E-state index is 0.639. The van der Waals surface area contributed by atoms with Gasteiger partial charge >= 0.3 is 0 Å². The van der Waals surface area contributed by atoms with E-state index in [1.54, 1.807) is 6.66 Å².